The van der Waals surface area contributed by atoms with E-state index in [1.807, 2.05) is 11.8 Å². The number of rotatable bonds is 6. The van der Waals surface area contributed by atoms with Crippen LogP contribution < -0.4 is 4.72 Å². The van der Waals surface area contributed by atoms with Crippen molar-refractivity contribution in [3.63, 3.8) is 0 Å². The van der Waals surface area contributed by atoms with Crippen LogP contribution in [-0.2, 0) is 19.6 Å². The number of nitrogens with one attached hydrogen (secondary N) is 1. The van der Waals surface area contributed by atoms with Crippen molar-refractivity contribution < 1.29 is 22.7 Å². The monoisotopic (exact) mass is 441 g/mol. The van der Waals surface area contributed by atoms with Gasteiger partial charge >= 0.3 is 6.03 Å². The molecular formula is C21H35N3O5S. The number of urea groups is 1. The number of hydrogen-bond acceptors (Lipinski definition) is 5. The summed E-state index contributed by atoms with van der Waals surface area (Å²) in [6.07, 6.45) is 7.39. The fraction of sp³-hybridized carbons (Fsp3) is 0.905. The standard InChI is InChI=1S/C21H35N3O5S/c1-21(9-10-21)22-30(27,28)16-7-8-18-17(12-16)19(25)23(2)20(26)24(18)13-14-5-4-6-15(11-14)29-3/h14-18,22H,4-13H2,1-3H3. The first-order chi connectivity index (χ1) is 14.1. The Morgan fingerprint density at radius 3 is 2.53 bits per heavy atom. The van der Waals surface area contributed by atoms with Crippen LogP contribution in [0.2, 0.25) is 0 Å². The van der Waals surface area contributed by atoms with E-state index in [9.17, 15) is 18.0 Å². The lowest BCUT2D eigenvalue weighted by Crippen LogP contribution is -2.64. The molecule has 5 atom stereocenters. The minimum Gasteiger partial charge on any atom is -0.381 e. The van der Waals surface area contributed by atoms with Crippen LogP contribution in [-0.4, -0.2) is 73.8 Å². The molecular weight excluding hydrogens is 406 g/mol. The molecule has 170 valence electrons. The summed E-state index contributed by atoms with van der Waals surface area (Å²) in [5, 5.41) is -0.573. The summed E-state index contributed by atoms with van der Waals surface area (Å²) in [6, 6.07) is -0.446. The number of hydrogen-bond donors (Lipinski definition) is 1. The Hall–Kier alpha value is -1.19. The maximum atomic E-state index is 13.0. The highest BCUT2D eigenvalue weighted by Gasteiger charge is 2.51. The van der Waals surface area contributed by atoms with Crippen molar-refractivity contribution in [2.45, 2.75) is 87.6 Å². The van der Waals surface area contributed by atoms with Crippen LogP contribution in [0.1, 0.15) is 64.7 Å². The first-order valence-corrected chi connectivity index (χ1v) is 12.8. The van der Waals surface area contributed by atoms with Gasteiger partial charge in [-0.3, -0.25) is 9.69 Å². The second-order valence-electron chi connectivity index (χ2n) is 10.0. The average molecular weight is 442 g/mol. The fourth-order valence-electron chi connectivity index (χ4n) is 5.54. The van der Waals surface area contributed by atoms with Crippen LogP contribution >= 0.6 is 0 Å². The molecule has 5 unspecified atom stereocenters. The fourth-order valence-corrected chi connectivity index (χ4v) is 7.51. The molecule has 3 aliphatic carbocycles. The highest BCUT2D eigenvalue weighted by molar-refractivity contribution is 7.90. The summed E-state index contributed by atoms with van der Waals surface area (Å²) in [6.45, 7) is 2.54. The van der Waals surface area contributed by atoms with Crippen LogP contribution in [0.4, 0.5) is 4.79 Å². The van der Waals surface area contributed by atoms with Gasteiger partial charge in [0.1, 0.15) is 0 Å². The minimum atomic E-state index is -3.48. The summed E-state index contributed by atoms with van der Waals surface area (Å²) in [7, 11) is -0.222. The largest absolute Gasteiger partial charge is 0.381 e. The Bertz CT molecular complexity index is 796. The highest BCUT2D eigenvalue weighted by atomic mass is 32.2. The number of amides is 3. The van der Waals surface area contributed by atoms with Gasteiger partial charge in [0.05, 0.1) is 17.3 Å². The van der Waals surface area contributed by atoms with Crippen molar-refractivity contribution in [2.24, 2.45) is 11.8 Å². The number of methoxy groups -OCH3 is 1. The van der Waals surface area contributed by atoms with E-state index in [1.165, 1.54) is 11.9 Å². The molecule has 4 fully saturated rings. The van der Waals surface area contributed by atoms with E-state index in [0.29, 0.717) is 25.3 Å². The molecule has 0 radical (unpaired) electrons. The van der Waals surface area contributed by atoms with Crippen LogP contribution in [0.3, 0.4) is 0 Å². The van der Waals surface area contributed by atoms with E-state index >= 15 is 0 Å². The van der Waals surface area contributed by atoms with Crippen molar-refractivity contribution in [3.8, 4) is 0 Å². The Labute approximate surface area is 179 Å². The molecule has 1 aliphatic heterocycles. The predicted octanol–water partition coefficient (Wildman–Crippen LogP) is 2.09. The number of nitrogens with zero attached hydrogens (tertiary/aromatic N) is 2. The van der Waals surface area contributed by atoms with Gasteiger partial charge in [-0.05, 0) is 64.2 Å². The van der Waals surface area contributed by atoms with Crippen molar-refractivity contribution in [2.75, 3.05) is 20.7 Å². The highest BCUT2D eigenvalue weighted by Crippen LogP contribution is 2.40. The lowest BCUT2D eigenvalue weighted by molar-refractivity contribution is -0.139. The quantitative estimate of drug-likeness (QED) is 0.681. The zero-order chi connectivity index (χ0) is 21.7. The van der Waals surface area contributed by atoms with E-state index in [1.54, 1.807) is 7.11 Å². The Kier molecular flexibility index (Phi) is 5.91. The second-order valence-corrected chi connectivity index (χ2v) is 12.0. The van der Waals surface area contributed by atoms with Gasteiger partial charge in [-0.1, -0.05) is 6.42 Å². The molecule has 0 aromatic rings. The molecule has 3 amide bonds. The zero-order valence-electron chi connectivity index (χ0n) is 18.3. The van der Waals surface area contributed by atoms with Gasteiger partial charge in [0.2, 0.25) is 15.9 Å². The first-order valence-electron chi connectivity index (χ1n) is 11.3. The summed E-state index contributed by atoms with van der Waals surface area (Å²) >= 11 is 0. The number of ether oxygens (including phenoxy) is 1. The Balaban J connectivity index is 1.48. The molecule has 30 heavy (non-hydrogen) atoms. The summed E-state index contributed by atoms with van der Waals surface area (Å²) in [5.74, 6) is -0.332. The predicted molar refractivity (Wildman–Crippen MR) is 112 cm³/mol. The Morgan fingerprint density at radius 1 is 1.13 bits per heavy atom. The number of fused-ring (bicyclic) bond motifs is 1. The molecule has 0 aromatic heterocycles. The Morgan fingerprint density at radius 2 is 1.87 bits per heavy atom. The van der Waals surface area contributed by atoms with Crippen molar-refractivity contribution >= 4 is 22.0 Å². The third-order valence-electron chi connectivity index (χ3n) is 7.70. The molecule has 1 N–H and O–H groups in total. The summed E-state index contributed by atoms with van der Waals surface area (Å²) < 4.78 is 34.2. The molecule has 1 saturated heterocycles. The number of sulfonamides is 1. The maximum absolute atomic E-state index is 13.0. The molecule has 0 bridgehead atoms. The molecule has 1 heterocycles. The average Bonchev–Trinajstić information content (AvgIpc) is 3.45. The van der Waals surface area contributed by atoms with E-state index in [4.69, 9.17) is 4.74 Å². The van der Waals surface area contributed by atoms with Gasteiger partial charge in [-0.25, -0.2) is 17.9 Å². The van der Waals surface area contributed by atoms with Gasteiger partial charge in [-0.15, -0.1) is 0 Å². The van der Waals surface area contributed by atoms with E-state index < -0.39 is 21.2 Å². The normalized spacial score (nSPS) is 36.6. The number of carbonyl (C=O) groups excluding carboxylic acids is 2. The topological polar surface area (TPSA) is 96.0 Å². The van der Waals surface area contributed by atoms with Crippen molar-refractivity contribution in [1.82, 2.24) is 14.5 Å². The lowest BCUT2D eigenvalue weighted by Gasteiger charge is -2.48. The van der Waals surface area contributed by atoms with E-state index in [2.05, 4.69) is 4.72 Å². The number of imide groups is 1. The molecule has 4 rings (SSSR count). The van der Waals surface area contributed by atoms with Gasteiger partial charge in [-0.2, -0.15) is 0 Å². The molecule has 4 aliphatic rings. The van der Waals surface area contributed by atoms with Crippen LogP contribution in [0.25, 0.3) is 0 Å². The van der Waals surface area contributed by atoms with E-state index in [0.717, 1.165) is 38.5 Å². The molecule has 9 heteroatoms. The molecule has 3 saturated carbocycles. The van der Waals surface area contributed by atoms with Gasteiger partial charge in [0, 0.05) is 32.3 Å². The summed E-state index contributed by atoms with van der Waals surface area (Å²) in [4.78, 5) is 28.9. The molecule has 0 spiro atoms. The lowest BCUT2D eigenvalue weighted by atomic mass is 9.79. The first kappa shape index (κ1) is 22.0. The third kappa shape index (κ3) is 4.25. The number of carbonyl (C=O) groups is 2. The van der Waals surface area contributed by atoms with Crippen LogP contribution in [0, 0.1) is 11.8 Å². The maximum Gasteiger partial charge on any atom is 0.326 e. The minimum absolute atomic E-state index is 0.202. The van der Waals surface area contributed by atoms with Crippen molar-refractivity contribution in [3.05, 3.63) is 0 Å². The van der Waals surface area contributed by atoms with Gasteiger partial charge < -0.3 is 9.64 Å². The van der Waals surface area contributed by atoms with Gasteiger partial charge in [0.15, 0.2) is 0 Å². The third-order valence-corrected chi connectivity index (χ3v) is 9.78. The van der Waals surface area contributed by atoms with Gasteiger partial charge in [0.25, 0.3) is 0 Å². The second kappa shape index (κ2) is 8.06. The molecule has 0 aromatic carbocycles. The molecule has 8 nitrogen and oxygen atoms in total. The van der Waals surface area contributed by atoms with Crippen LogP contribution in [0.15, 0.2) is 0 Å². The SMILES string of the molecule is COC1CCCC(CN2C(=O)N(C)C(=O)C3CC(S(=O)(=O)NC4(C)CC4)CCC32)C1. The van der Waals surface area contributed by atoms with E-state index in [-0.39, 0.29) is 36.0 Å². The zero-order valence-corrected chi connectivity index (χ0v) is 19.1. The smallest absolute Gasteiger partial charge is 0.326 e. The van der Waals surface area contributed by atoms with Crippen molar-refractivity contribution in [1.29, 1.82) is 0 Å². The van der Waals surface area contributed by atoms with Crippen LogP contribution in [0.5, 0.6) is 0 Å². The summed E-state index contributed by atoms with van der Waals surface area (Å²) in [5.41, 5.74) is -0.316.